The molecule has 0 spiro atoms. The summed E-state index contributed by atoms with van der Waals surface area (Å²) in [5.74, 6) is -0.124. The Morgan fingerprint density at radius 3 is 2.50 bits per heavy atom. The Balaban J connectivity index is 1.82. The van der Waals surface area contributed by atoms with E-state index in [1.54, 1.807) is 0 Å². The lowest BCUT2D eigenvalue weighted by molar-refractivity contribution is 0.102. The van der Waals surface area contributed by atoms with Crippen molar-refractivity contribution in [3.63, 3.8) is 0 Å². The molecule has 0 saturated carbocycles. The van der Waals surface area contributed by atoms with Crippen molar-refractivity contribution in [1.82, 2.24) is 4.98 Å². The lowest BCUT2D eigenvalue weighted by Gasteiger charge is -2.14. The highest BCUT2D eigenvalue weighted by Crippen LogP contribution is 2.26. The lowest BCUT2D eigenvalue weighted by atomic mass is 9.93. The Hall–Kier alpha value is -2.20. The van der Waals surface area contributed by atoms with E-state index in [0.29, 0.717) is 10.7 Å². The van der Waals surface area contributed by atoms with E-state index in [4.69, 9.17) is 0 Å². The molecule has 2 aromatic carbocycles. The van der Waals surface area contributed by atoms with Crippen LogP contribution in [0.15, 0.2) is 47.8 Å². The smallest absolute Gasteiger partial charge is 0.257 e. The Bertz CT molecular complexity index is 830. The third-order valence-electron chi connectivity index (χ3n) is 3.50. The van der Waals surface area contributed by atoms with Gasteiger partial charge in [0.2, 0.25) is 0 Å². The summed E-state index contributed by atoms with van der Waals surface area (Å²) in [5, 5.41) is 7.71. The predicted molar refractivity (Wildman–Crippen MR) is 92.7 cm³/mol. The van der Waals surface area contributed by atoms with Gasteiger partial charge in [-0.3, -0.25) is 10.1 Å². The number of benzene rings is 2. The van der Waals surface area contributed by atoms with E-state index < -0.39 is 0 Å². The predicted octanol–water partition coefficient (Wildman–Crippen LogP) is 4.85. The maximum atomic E-state index is 12.4. The molecule has 1 N–H and O–H groups in total. The van der Waals surface area contributed by atoms with E-state index in [2.05, 4.69) is 31.1 Å². The maximum Gasteiger partial charge on any atom is 0.257 e. The minimum atomic E-state index is -0.124. The maximum absolute atomic E-state index is 12.4. The third kappa shape index (κ3) is 3.02. The van der Waals surface area contributed by atoms with Gasteiger partial charge >= 0.3 is 0 Å². The molecular formula is C18H18N2OS. The normalized spacial score (nSPS) is 11.6. The molecule has 3 nitrogen and oxygen atoms in total. The van der Waals surface area contributed by atoms with Crippen molar-refractivity contribution >= 4 is 33.1 Å². The van der Waals surface area contributed by atoms with E-state index in [0.717, 1.165) is 16.5 Å². The molecule has 22 heavy (non-hydrogen) atoms. The van der Waals surface area contributed by atoms with Crippen LogP contribution < -0.4 is 5.32 Å². The topological polar surface area (TPSA) is 42.0 Å². The lowest BCUT2D eigenvalue weighted by Crippen LogP contribution is -2.14. The highest BCUT2D eigenvalue weighted by Gasteiger charge is 2.18. The number of rotatable bonds is 2. The van der Waals surface area contributed by atoms with Crippen LogP contribution in [0.1, 0.15) is 36.8 Å². The summed E-state index contributed by atoms with van der Waals surface area (Å²) in [7, 11) is 0. The molecule has 3 rings (SSSR count). The zero-order valence-electron chi connectivity index (χ0n) is 12.9. The summed E-state index contributed by atoms with van der Waals surface area (Å²) < 4.78 is 0. The van der Waals surface area contributed by atoms with Crippen LogP contribution in [0, 0.1) is 0 Å². The van der Waals surface area contributed by atoms with Crippen LogP contribution >= 0.6 is 11.3 Å². The molecule has 3 aromatic rings. The third-order valence-corrected chi connectivity index (χ3v) is 4.26. The van der Waals surface area contributed by atoms with E-state index in [1.807, 2.05) is 47.8 Å². The van der Waals surface area contributed by atoms with Crippen LogP contribution in [-0.2, 0) is 5.41 Å². The summed E-state index contributed by atoms with van der Waals surface area (Å²) in [6.45, 7) is 6.32. The second-order valence-electron chi connectivity index (χ2n) is 6.30. The minimum absolute atomic E-state index is 0.0115. The van der Waals surface area contributed by atoms with Gasteiger partial charge in [0.15, 0.2) is 5.13 Å². The molecule has 0 aliphatic carbocycles. The average Bonchev–Trinajstić information content (AvgIpc) is 2.95. The number of hydrogen-bond donors (Lipinski definition) is 1. The summed E-state index contributed by atoms with van der Waals surface area (Å²) in [6, 6.07) is 13.7. The van der Waals surface area contributed by atoms with Gasteiger partial charge in [-0.1, -0.05) is 51.1 Å². The van der Waals surface area contributed by atoms with E-state index in [1.165, 1.54) is 11.3 Å². The van der Waals surface area contributed by atoms with Gasteiger partial charge in [0.25, 0.3) is 5.91 Å². The zero-order valence-corrected chi connectivity index (χ0v) is 13.7. The Morgan fingerprint density at radius 2 is 1.82 bits per heavy atom. The molecule has 1 aromatic heterocycles. The Kier molecular flexibility index (Phi) is 3.71. The summed E-state index contributed by atoms with van der Waals surface area (Å²) in [4.78, 5) is 16.9. The van der Waals surface area contributed by atoms with Crippen molar-refractivity contribution < 1.29 is 4.79 Å². The number of anilines is 1. The molecule has 0 radical (unpaired) electrons. The molecule has 0 aliphatic rings. The SMILES string of the molecule is CC(C)(C)c1csc(NC(=O)c2ccc3ccccc3c2)n1. The van der Waals surface area contributed by atoms with Gasteiger partial charge in [-0.2, -0.15) is 0 Å². The standard InChI is InChI=1S/C18H18N2OS/c1-18(2,3)15-11-22-17(19-15)20-16(21)14-9-8-12-6-4-5-7-13(12)10-14/h4-11H,1-3H3,(H,19,20,21). The zero-order chi connectivity index (χ0) is 15.7. The first-order valence-electron chi connectivity index (χ1n) is 7.20. The number of thiazole rings is 1. The molecule has 112 valence electrons. The van der Waals surface area contributed by atoms with Crippen LogP contribution in [0.5, 0.6) is 0 Å². The van der Waals surface area contributed by atoms with Crippen molar-refractivity contribution in [3.05, 3.63) is 59.1 Å². The highest BCUT2D eigenvalue weighted by molar-refractivity contribution is 7.14. The number of fused-ring (bicyclic) bond motifs is 1. The van der Waals surface area contributed by atoms with Crippen LogP contribution in [0.4, 0.5) is 5.13 Å². The van der Waals surface area contributed by atoms with E-state index >= 15 is 0 Å². The molecule has 1 heterocycles. The van der Waals surface area contributed by atoms with Crippen molar-refractivity contribution in [2.75, 3.05) is 5.32 Å². The van der Waals surface area contributed by atoms with Gasteiger partial charge < -0.3 is 0 Å². The molecule has 0 atom stereocenters. The minimum Gasteiger partial charge on any atom is -0.298 e. The number of nitrogens with one attached hydrogen (secondary N) is 1. The fourth-order valence-electron chi connectivity index (χ4n) is 2.18. The summed E-state index contributed by atoms with van der Waals surface area (Å²) >= 11 is 1.46. The molecule has 0 saturated heterocycles. The fraction of sp³-hybridized carbons (Fsp3) is 0.222. The number of amides is 1. The van der Waals surface area contributed by atoms with Crippen molar-refractivity contribution in [2.45, 2.75) is 26.2 Å². The van der Waals surface area contributed by atoms with Gasteiger partial charge in [-0.25, -0.2) is 4.98 Å². The van der Waals surface area contributed by atoms with Gasteiger partial charge in [-0.05, 0) is 22.9 Å². The van der Waals surface area contributed by atoms with Crippen molar-refractivity contribution in [3.8, 4) is 0 Å². The molecule has 0 aliphatic heterocycles. The largest absolute Gasteiger partial charge is 0.298 e. The molecule has 4 heteroatoms. The highest BCUT2D eigenvalue weighted by atomic mass is 32.1. The van der Waals surface area contributed by atoms with Gasteiger partial charge in [0.05, 0.1) is 5.69 Å². The van der Waals surface area contributed by atoms with Gasteiger partial charge in [0, 0.05) is 16.4 Å². The number of nitrogens with zero attached hydrogens (tertiary/aromatic N) is 1. The van der Waals surface area contributed by atoms with E-state index in [-0.39, 0.29) is 11.3 Å². The Labute approximate surface area is 134 Å². The van der Waals surface area contributed by atoms with E-state index in [9.17, 15) is 4.79 Å². The van der Waals surface area contributed by atoms with Crippen LogP contribution in [0.25, 0.3) is 10.8 Å². The molecule has 1 amide bonds. The first kappa shape index (κ1) is 14.7. The second kappa shape index (κ2) is 5.54. The van der Waals surface area contributed by atoms with Crippen molar-refractivity contribution in [2.24, 2.45) is 0 Å². The van der Waals surface area contributed by atoms with Crippen LogP contribution in [0.2, 0.25) is 0 Å². The first-order valence-corrected chi connectivity index (χ1v) is 8.07. The molecule has 0 fully saturated rings. The second-order valence-corrected chi connectivity index (χ2v) is 7.16. The summed E-state index contributed by atoms with van der Waals surface area (Å²) in [5.41, 5.74) is 1.63. The molecule has 0 bridgehead atoms. The monoisotopic (exact) mass is 310 g/mol. The van der Waals surface area contributed by atoms with Gasteiger partial charge in [-0.15, -0.1) is 11.3 Å². The van der Waals surface area contributed by atoms with Crippen molar-refractivity contribution in [1.29, 1.82) is 0 Å². The first-order chi connectivity index (χ1) is 10.4. The number of aromatic nitrogens is 1. The number of carbonyl (C=O) groups excluding carboxylic acids is 1. The average molecular weight is 310 g/mol. The Morgan fingerprint density at radius 1 is 1.09 bits per heavy atom. The van der Waals surface area contributed by atoms with Gasteiger partial charge in [0.1, 0.15) is 0 Å². The molecule has 0 unspecified atom stereocenters. The fourth-order valence-corrected chi connectivity index (χ4v) is 3.11. The number of hydrogen-bond acceptors (Lipinski definition) is 3. The number of carbonyl (C=O) groups is 1. The van der Waals surface area contributed by atoms with Crippen LogP contribution in [0.3, 0.4) is 0 Å². The molecular weight excluding hydrogens is 292 g/mol. The quantitative estimate of drug-likeness (QED) is 0.735. The van der Waals surface area contributed by atoms with Crippen LogP contribution in [-0.4, -0.2) is 10.9 Å². The summed E-state index contributed by atoms with van der Waals surface area (Å²) in [6.07, 6.45) is 0.